The Kier molecular flexibility index (Phi) is 4.62. The van der Waals surface area contributed by atoms with Gasteiger partial charge in [-0.2, -0.15) is 0 Å². The van der Waals surface area contributed by atoms with E-state index in [9.17, 15) is 14.3 Å². The molecule has 1 heterocycles. The third-order valence-electron chi connectivity index (χ3n) is 2.63. The normalized spacial score (nSPS) is 11.7. The van der Waals surface area contributed by atoms with Gasteiger partial charge in [-0.05, 0) is 18.2 Å². The number of amides is 2. The highest BCUT2D eigenvalue weighted by molar-refractivity contribution is 5.88. The molecule has 20 heavy (non-hydrogen) atoms. The van der Waals surface area contributed by atoms with Gasteiger partial charge >= 0.3 is 6.03 Å². The van der Waals surface area contributed by atoms with Gasteiger partial charge in [-0.25, -0.2) is 14.2 Å². The SMILES string of the molecule is O=C(NCC(O)c1ccccc1F)Nc1ccccn1. The van der Waals surface area contributed by atoms with Crippen molar-refractivity contribution in [3.63, 3.8) is 0 Å². The quantitative estimate of drug-likeness (QED) is 0.799. The smallest absolute Gasteiger partial charge is 0.320 e. The fourth-order valence-electron chi connectivity index (χ4n) is 1.64. The maximum absolute atomic E-state index is 13.4. The van der Waals surface area contributed by atoms with E-state index < -0.39 is 18.0 Å². The molecule has 1 unspecified atom stereocenters. The molecule has 2 rings (SSSR count). The highest BCUT2D eigenvalue weighted by Crippen LogP contribution is 2.15. The van der Waals surface area contributed by atoms with Crippen molar-refractivity contribution >= 4 is 11.8 Å². The first-order valence-electron chi connectivity index (χ1n) is 6.05. The Hall–Kier alpha value is -2.47. The summed E-state index contributed by atoms with van der Waals surface area (Å²) in [5, 5.41) is 14.8. The summed E-state index contributed by atoms with van der Waals surface area (Å²) >= 11 is 0. The van der Waals surface area contributed by atoms with Crippen molar-refractivity contribution in [3.8, 4) is 0 Å². The molecule has 5 nitrogen and oxygen atoms in total. The lowest BCUT2D eigenvalue weighted by atomic mass is 10.1. The van der Waals surface area contributed by atoms with Gasteiger partial charge in [0.05, 0.1) is 6.10 Å². The number of aliphatic hydroxyl groups excluding tert-OH is 1. The molecule has 0 aliphatic rings. The number of anilines is 1. The van der Waals surface area contributed by atoms with Crippen molar-refractivity contribution in [2.24, 2.45) is 0 Å². The number of nitrogens with zero attached hydrogens (tertiary/aromatic N) is 1. The Balaban J connectivity index is 1.86. The second-order valence-electron chi connectivity index (χ2n) is 4.09. The van der Waals surface area contributed by atoms with Crippen LogP contribution >= 0.6 is 0 Å². The van der Waals surface area contributed by atoms with E-state index in [1.807, 2.05) is 0 Å². The Morgan fingerprint density at radius 1 is 1.25 bits per heavy atom. The molecule has 0 radical (unpaired) electrons. The number of aliphatic hydroxyl groups is 1. The second-order valence-corrected chi connectivity index (χ2v) is 4.09. The van der Waals surface area contributed by atoms with E-state index in [4.69, 9.17) is 0 Å². The number of carbonyl (C=O) groups is 1. The third kappa shape index (κ3) is 3.76. The molecule has 0 saturated heterocycles. The fourth-order valence-corrected chi connectivity index (χ4v) is 1.64. The van der Waals surface area contributed by atoms with Crippen molar-refractivity contribution in [2.45, 2.75) is 6.10 Å². The van der Waals surface area contributed by atoms with Crippen molar-refractivity contribution in [1.29, 1.82) is 0 Å². The minimum atomic E-state index is -1.11. The number of pyridine rings is 1. The highest BCUT2D eigenvalue weighted by Gasteiger charge is 2.13. The van der Waals surface area contributed by atoms with E-state index in [0.717, 1.165) is 0 Å². The number of carbonyl (C=O) groups excluding carboxylic acids is 1. The Bertz CT molecular complexity index is 578. The number of aromatic nitrogens is 1. The van der Waals surface area contributed by atoms with Gasteiger partial charge in [-0.3, -0.25) is 5.32 Å². The summed E-state index contributed by atoms with van der Waals surface area (Å²) < 4.78 is 13.4. The standard InChI is InChI=1S/C14H14FN3O2/c15-11-6-2-1-5-10(11)12(19)9-17-14(20)18-13-7-3-4-8-16-13/h1-8,12,19H,9H2,(H2,16,17,18,20). The minimum absolute atomic E-state index is 0.0976. The van der Waals surface area contributed by atoms with E-state index >= 15 is 0 Å². The number of rotatable bonds is 4. The molecule has 1 atom stereocenters. The van der Waals surface area contributed by atoms with Gasteiger partial charge in [-0.1, -0.05) is 24.3 Å². The number of benzene rings is 1. The number of urea groups is 1. The largest absolute Gasteiger partial charge is 0.386 e. The van der Waals surface area contributed by atoms with E-state index in [-0.39, 0.29) is 12.1 Å². The topological polar surface area (TPSA) is 74.2 Å². The fraction of sp³-hybridized carbons (Fsp3) is 0.143. The maximum atomic E-state index is 13.4. The predicted octanol–water partition coefficient (Wildman–Crippen LogP) is 2.08. The average molecular weight is 275 g/mol. The summed E-state index contributed by atoms with van der Waals surface area (Å²) in [6, 6.07) is 10.5. The van der Waals surface area contributed by atoms with E-state index in [1.54, 1.807) is 30.5 Å². The molecule has 0 saturated carbocycles. The molecule has 1 aromatic heterocycles. The molecule has 0 aliphatic heterocycles. The zero-order chi connectivity index (χ0) is 14.4. The summed E-state index contributed by atoms with van der Waals surface area (Å²) in [4.78, 5) is 15.5. The number of nitrogens with one attached hydrogen (secondary N) is 2. The van der Waals surface area contributed by atoms with Crippen LogP contribution in [0.4, 0.5) is 15.0 Å². The second kappa shape index (κ2) is 6.63. The van der Waals surface area contributed by atoms with E-state index in [1.165, 1.54) is 18.2 Å². The lowest BCUT2D eigenvalue weighted by molar-refractivity contribution is 0.170. The van der Waals surface area contributed by atoms with Crippen LogP contribution in [0.3, 0.4) is 0 Å². The molecule has 104 valence electrons. The number of hydrogen-bond donors (Lipinski definition) is 3. The number of hydrogen-bond acceptors (Lipinski definition) is 3. The van der Waals surface area contributed by atoms with Gasteiger partial charge in [0.1, 0.15) is 11.6 Å². The molecule has 2 aromatic rings. The summed E-state index contributed by atoms with van der Waals surface area (Å²) in [5.41, 5.74) is 0.144. The summed E-state index contributed by atoms with van der Waals surface area (Å²) in [6.07, 6.45) is 0.440. The molecule has 0 aliphatic carbocycles. The van der Waals surface area contributed by atoms with Crippen molar-refractivity contribution in [2.75, 3.05) is 11.9 Å². The molecule has 6 heteroatoms. The third-order valence-corrected chi connectivity index (χ3v) is 2.63. The zero-order valence-electron chi connectivity index (χ0n) is 10.6. The lowest BCUT2D eigenvalue weighted by Gasteiger charge is -2.13. The van der Waals surface area contributed by atoms with Crippen LogP contribution < -0.4 is 10.6 Å². The molecular formula is C14H14FN3O2. The number of halogens is 1. The molecule has 3 N–H and O–H groups in total. The van der Waals surface area contributed by atoms with Gasteiger partial charge in [0.15, 0.2) is 0 Å². The van der Waals surface area contributed by atoms with Gasteiger partial charge in [0.2, 0.25) is 0 Å². The first-order chi connectivity index (χ1) is 9.66. The van der Waals surface area contributed by atoms with Crippen LogP contribution in [0.25, 0.3) is 0 Å². The van der Waals surface area contributed by atoms with Crippen LogP contribution in [0.2, 0.25) is 0 Å². The monoisotopic (exact) mass is 275 g/mol. The minimum Gasteiger partial charge on any atom is -0.386 e. The molecule has 1 aromatic carbocycles. The van der Waals surface area contributed by atoms with Crippen molar-refractivity contribution in [3.05, 3.63) is 60.0 Å². The van der Waals surface area contributed by atoms with Gasteiger partial charge in [-0.15, -0.1) is 0 Å². The van der Waals surface area contributed by atoms with Crippen LogP contribution in [-0.2, 0) is 0 Å². The van der Waals surface area contributed by atoms with Gasteiger partial charge in [0, 0.05) is 18.3 Å². The predicted molar refractivity (Wildman–Crippen MR) is 72.6 cm³/mol. The lowest BCUT2D eigenvalue weighted by Crippen LogP contribution is -2.32. The Morgan fingerprint density at radius 2 is 2.00 bits per heavy atom. The first kappa shape index (κ1) is 14.0. The zero-order valence-corrected chi connectivity index (χ0v) is 10.6. The molecule has 2 amide bonds. The van der Waals surface area contributed by atoms with Crippen LogP contribution in [-0.4, -0.2) is 22.7 Å². The van der Waals surface area contributed by atoms with Gasteiger partial charge in [0.25, 0.3) is 0 Å². The molecule has 0 bridgehead atoms. The molecular weight excluding hydrogens is 261 g/mol. The summed E-state index contributed by atoms with van der Waals surface area (Å²) in [5.74, 6) is -0.114. The highest BCUT2D eigenvalue weighted by atomic mass is 19.1. The van der Waals surface area contributed by atoms with Crippen LogP contribution in [0.15, 0.2) is 48.7 Å². The average Bonchev–Trinajstić information content (AvgIpc) is 2.46. The van der Waals surface area contributed by atoms with Crippen LogP contribution in [0, 0.1) is 5.82 Å². The van der Waals surface area contributed by atoms with Crippen LogP contribution in [0.5, 0.6) is 0 Å². The van der Waals surface area contributed by atoms with Crippen molar-refractivity contribution < 1.29 is 14.3 Å². The van der Waals surface area contributed by atoms with E-state index in [2.05, 4.69) is 15.6 Å². The molecule has 0 fully saturated rings. The molecule has 0 spiro atoms. The van der Waals surface area contributed by atoms with Crippen molar-refractivity contribution in [1.82, 2.24) is 10.3 Å². The van der Waals surface area contributed by atoms with E-state index in [0.29, 0.717) is 5.82 Å². The summed E-state index contributed by atoms with van der Waals surface area (Å²) in [7, 11) is 0. The van der Waals surface area contributed by atoms with Crippen LogP contribution in [0.1, 0.15) is 11.7 Å². The Morgan fingerprint density at radius 3 is 2.70 bits per heavy atom. The Labute approximate surface area is 115 Å². The first-order valence-corrected chi connectivity index (χ1v) is 6.05. The maximum Gasteiger partial charge on any atom is 0.320 e. The van der Waals surface area contributed by atoms with Gasteiger partial charge < -0.3 is 10.4 Å². The summed E-state index contributed by atoms with van der Waals surface area (Å²) in [6.45, 7) is -0.0976.